The van der Waals surface area contributed by atoms with Crippen molar-refractivity contribution in [2.45, 2.75) is 25.1 Å². The predicted octanol–water partition coefficient (Wildman–Crippen LogP) is 2.64. The fraction of sp³-hybridized carbons (Fsp3) is 0.600. The molecular formula is C15H17F3N2O. The molecule has 0 N–H and O–H groups in total. The molecule has 0 spiro atoms. The van der Waals surface area contributed by atoms with Crippen molar-refractivity contribution in [2.24, 2.45) is 5.92 Å². The first kappa shape index (κ1) is 13.2. The summed E-state index contributed by atoms with van der Waals surface area (Å²) in [5, 5.41) is 0. The Morgan fingerprint density at radius 1 is 1.19 bits per heavy atom. The SMILES string of the molecule is FC(F)(F)C1=C2C=CN([C@H]3CN4CCC3CC4)C=C2OC1. The Morgan fingerprint density at radius 2 is 1.95 bits per heavy atom. The van der Waals surface area contributed by atoms with E-state index in [1.807, 2.05) is 4.90 Å². The van der Waals surface area contributed by atoms with Crippen LogP contribution in [0.5, 0.6) is 0 Å². The van der Waals surface area contributed by atoms with Crippen molar-refractivity contribution in [3.05, 3.63) is 35.4 Å². The van der Waals surface area contributed by atoms with Gasteiger partial charge in [0.2, 0.25) is 0 Å². The van der Waals surface area contributed by atoms with E-state index in [9.17, 15) is 13.2 Å². The van der Waals surface area contributed by atoms with Crippen molar-refractivity contribution in [3.63, 3.8) is 0 Å². The lowest BCUT2D eigenvalue weighted by atomic mass is 9.83. The molecule has 5 aliphatic heterocycles. The summed E-state index contributed by atoms with van der Waals surface area (Å²) in [6.45, 7) is 2.91. The van der Waals surface area contributed by atoms with Gasteiger partial charge in [0, 0.05) is 30.6 Å². The lowest BCUT2D eigenvalue weighted by Gasteiger charge is -2.48. The van der Waals surface area contributed by atoms with E-state index in [2.05, 4.69) is 4.90 Å². The van der Waals surface area contributed by atoms with Gasteiger partial charge in [0.25, 0.3) is 0 Å². The Hall–Kier alpha value is -1.43. The van der Waals surface area contributed by atoms with Gasteiger partial charge in [-0.2, -0.15) is 13.2 Å². The molecule has 0 radical (unpaired) electrons. The molecule has 5 aliphatic rings. The van der Waals surface area contributed by atoms with Gasteiger partial charge < -0.3 is 14.5 Å². The zero-order valence-corrected chi connectivity index (χ0v) is 11.6. The average Bonchev–Trinajstić information content (AvgIpc) is 2.91. The number of hydrogen-bond donors (Lipinski definition) is 0. The van der Waals surface area contributed by atoms with Crippen molar-refractivity contribution in [1.29, 1.82) is 0 Å². The molecule has 0 amide bonds. The van der Waals surface area contributed by atoms with Crippen LogP contribution in [0, 0.1) is 5.92 Å². The Labute approximate surface area is 121 Å². The molecule has 3 fully saturated rings. The number of halogens is 3. The van der Waals surface area contributed by atoms with Crippen LogP contribution in [0.25, 0.3) is 0 Å². The quantitative estimate of drug-likeness (QED) is 0.740. The molecule has 0 aromatic carbocycles. The third-order valence-corrected chi connectivity index (χ3v) is 4.99. The number of hydrogen-bond acceptors (Lipinski definition) is 3. The summed E-state index contributed by atoms with van der Waals surface area (Å²) in [7, 11) is 0. The van der Waals surface area contributed by atoms with E-state index in [0.717, 1.165) is 19.6 Å². The van der Waals surface area contributed by atoms with Crippen LogP contribution in [0.1, 0.15) is 12.8 Å². The van der Waals surface area contributed by atoms with Gasteiger partial charge in [0.15, 0.2) is 0 Å². The van der Waals surface area contributed by atoms with Gasteiger partial charge in [-0.25, -0.2) is 0 Å². The normalized spacial score (nSPS) is 34.9. The van der Waals surface area contributed by atoms with E-state index in [1.54, 1.807) is 18.5 Å². The molecule has 0 aliphatic carbocycles. The summed E-state index contributed by atoms with van der Waals surface area (Å²) in [6.07, 6.45) is 3.13. The highest BCUT2D eigenvalue weighted by Crippen LogP contribution is 2.40. The smallest absolute Gasteiger partial charge is 0.416 e. The fourth-order valence-corrected chi connectivity index (χ4v) is 3.80. The summed E-state index contributed by atoms with van der Waals surface area (Å²) in [4.78, 5) is 4.48. The highest BCUT2D eigenvalue weighted by molar-refractivity contribution is 5.48. The largest absolute Gasteiger partial charge is 0.487 e. The second kappa shape index (κ2) is 4.53. The molecule has 2 bridgehead atoms. The lowest BCUT2D eigenvalue weighted by Crippen LogP contribution is -2.55. The molecule has 21 heavy (non-hydrogen) atoms. The van der Waals surface area contributed by atoms with E-state index in [-0.39, 0.29) is 12.2 Å². The predicted molar refractivity (Wildman–Crippen MR) is 71.0 cm³/mol. The standard InChI is InChI=1S/C15H17F3N2O/c16-15(17,18)12-9-21-14-8-20(6-3-11(12)14)13-7-19-4-1-10(13)2-5-19/h3,6,8,10,13H,1-2,4-5,7,9H2/t13-/m0/s1. The highest BCUT2D eigenvalue weighted by Gasteiger charge is 2.42. The van der Waals surface area contributed by atoms with E-state index in [4.69, 9.17) is 4.74 Å². The van der Waals surface area contributed by atoms with Gasteiger partial charge in [-0.05, 0) is 37.9 Å². The van der Waals surface area contributed by atoms with Crippen molar-refractivity contribution in [1.82, 2.24) is 9.80 Å². The fourth-order valence-electron chi connectivity index (χ4n) is 3.80. The lowest BCUT2D eigenvalue weighted by molar-refractivity contribution is -0.0959. The van der Waals surface area contributed by atoms with Crippen LogP contribution in [0.15, 0.2) is 35.4 Å². The zero-order chi connectivity index (χ0) is 14.6. The molecule has 3 nitrogen and oxygen atoms in total. The summed E-state index contributed by atoms with van der Waals surface area (Å²) in [6, 6.07) is 0.358. The number of piperidine rings is 3. The molecule has 1 atom stereocenters. The minimum atomic E-state index is -4.31. The van der Waals surface area contributed by atoms with Crippen LogP contribution in [-0.4, -0.2) is 48.3 Å². The molecular weight excluding hydrogens is 281 g/mol. The van der Waals surface area contributed by atoms with Crippen LogP contribution in [0.3, 0.4) is 0 Å². The van der Waals surface area contributed by atoms with Crippen LogP contribution >= 0.6 is 0 Å². The third-order valence-electron chi connectivity index (χ3n) is 4.99. The van der Waals surface area contributed by atoms with Gasteiger partial charge in [0.1, 0.15) is 12.4 Å². The number of nitrogens with zero attached hydrogens (tertiary/aromatic N) is 2. The number of allylic oxidation sites excluding steroid dienone is 1. The van der Waals surface area contributed by atoms with Crippen LogP contribution in [0.4, 0.5) is 13.2 Å². The van der Waals surface area contributed by atoms with Crippen molar-refractivity contribution < 1.29 is 17.9 Å². The van der Waals surface area contributed by atoms with Gasteiger partial charge in [-0.15, -0.1) is 0 Å². The maximum atomic E-state index is 12.9. The minimum Gasteiger partial charge on any atom is -0.487 e. The maximum Gasteiger partial charge on any atom is 0.416 e. The Bertz CT molecular complexity index is 542. The van der Waals surface area contributed by atoms with Gasteiger partial charge in [0.05, 0.1) is 5.57 Å². The number of alkyl halides is 3. The molecule has 114 valence electrons. The number of ether oxygens (including phenoxy) is 1. The van der Waals surface area contributed by atoms with Crippen molar-refractivity contribution in [3.8, 4) is 0 Å². The first-order chi connectivity index (χ1) is 10.0. The maximum absolute atomic E-state index is 12.9. The number of fused-ring (bicyclic) bond motifs is 4. The van der Waals surface area contributed by atoms with Crippen LogP contribution in [-0.2, 0) is 4.74 Å². The van der Waals surface area contributed by atoms with E-state index in [1.165, 1.54) is 12.8 Å². The first-order valence-electron chi connectivity index (χ1n) is 7.36. The zero-order valence-electron chi connectivity index (χ0n) is 11.6. The number of rotatable bonds is 1. The van der Waals surface area contributed by atoms with Crippen LogP contribution < -0.4 is 0 Å². The van der Waals surface area contributed by atoms with Gasteiger partial charge >= 0.3 is 6.18 Å². The van der Waals surface area contributed by atoms with Gasteiger partial charge in [-0.1, -0.05) is 0 Å². The molecule has 0 aromatic heterocycles. The Balaban J connectivity index is 1.59. The summed E-state index contributed by atoms with van der Waals surface area (Å²) in [5.41, 5.74) is -0.376. The van der Waals surface area contributed by atoms with E-state index >= 15 is 0 Å². The van der Waals surface area contributed by atoms with E-state index < -0.39 is 11.7 Å². The molecule has 0 saturated carbocycles. The molecule has 0 aromatic rings. The second-order valence-corrected chi connectivity index (χ2v) is 6.14. The summed E-state index contributed by atoms with van der Waals surface area (Å²) < 4.78 is 43.9. The summed E-state index contributed by atoms with van der Waals surface area (Å²) in [5.74, 6) is 0.992. The summed E-state index contributed by atoms with van der Waals surface area (Å²) >= 11 is 0. The van der Waals surface area contributed by atoms with Crippen molar-refractivity contribution in [2.75, 3.05) is 26.2 Å². The third kappa shape index (κ3) is 2.16. The average molecular weight is 298 g/mol. The Morgan fingerprint density at radius 3 is 2.57 bits per heavy atom. The molecule has 6 heteroatoms. The van der Waals surface area contributed by atoms with Gasteiger partial charge in [-0.3, -0.25) is 0 Å². The van der Waals surface area contributed by atoms with E-state index in [0.29, 0.717) is 17.7 Å². The molecule has 0 unspecified atom stereocenters. The Kier molecular flexibility index (Phi) is 2.86. The highest BCUT2D eigenvalue weighted by atomic mass is 19.4. The van der Waals surface area contributed by atoms with Crippen molar-refractivity contribution >= 4 is 0 Å². The molecule has 3 saturated heterocycles. The first-order valence-corrected chi connectivity index (χ1v) is 7.36. The minimum absolute atomic E-state index is 0.194. The topological polar surface area (TPSA) is 15.7 Å². The molecule has 5 rings (SSSR count). The molecule has 5 heterocycles. The second-order valence-electron chi connectivity index (χ2n) is 6.14. The van der Waals surface area contributed by atoms with Crippen LogP contribution in [0.2, 0.25) is 0 Å². The monoisotopic (exact) mass is 298 g/mol.